The molecule has 1 aliphatic rings. The van der Waals surface area contributed by atoms with Crippen LogP contribution in [-0.4, -0.2) is 56.8 Å². The number of amides is 2. The number of hydrogen-bond donors (Lipinski definition) is 1. The fourth-order valence-electron chi connectivity index (χ4n) is 3.80. The van der Waals surface area contributed by atoms with E-state index < -0.39 is 34.3 Å². The maximum absolute atomic E-state index is 13.6. The molecule has 36 heavy (non-hydrogen) atoms. The lowest BCUT2D eigenvalue weighted by molar-refractivity contribution is -0.140. The van der Waals surface area contributed by atoms with E-state index in [1.54, 1.807) is 13.0 Å². The zero-order valence-corrected chi connectivity index (χ0v) is 21.7. The van der Waals surface area contributed by atoms with Crippen molar-refractivity contribution in [1.29, 1.82) is 0 Å². The molecule has 0 saturated heterocycles. The molecular formula is C25H32FN3O6S. The van der Waals surface area contributed by atoms with Gasteiger partial charge in [-0.1, -0.05) is 26.0 Å². The number of benzene rings is 2. The topological polar surface area (TPSA) is 105 Å². The lowest BCUT2D eigenvalue weighted by Gasteiger charge is -2.33. The lowest BCUT2D eigenvalue weighted by atomic mass is 10.1. The first kappa shape index (κ1) is 27.3. The summed E-state index contributed by atoms with van der Waals surface area (Å²) in [6.07, 6.45) is 2.01. The second-order valence-corrected chi connectivity index (χ2v) is 10.6. The number of halogens is 1. The SMILES string of the molecule is CC[C@@H](C)NC(=O)[C@@H](CC)N(Cc1ccc(F)cc1)C(=O)CN(c1ccc2c(c1)OCO2)S(C)(=O)=O. The van der Waals surface area contributed by atoms with Crippen molar-refractivity contribution in [3.05, 3.63) is 53.8 Å². The first-order valence-corrected chi connectivity index (χ1v) is 13.6. The normalized spacial score (nSPS) is 14.1. The monoisotopic (exact) mass is 521 g/mol. The Hall–Kier alpha value is -3.34. The standard InChI is InChI=1S/C25H32FN3O6S/c1-5-17(3)27-25(31)21(6-2)28(14-18-7-9-19(26)10-8-18)24(30)15-29(36(4,32)33)20-11-12-22-23(13-20)35-16-34-22/h7-13,17,21H,5-6,14-16H2,1-4H3,(H,27,31)/t17-,21-/m1/s1. The zero-order valence-electron chi connectivity index (χ0n) is 20.9. The van der Waals surface area contributed by atoms with Gasteiger partial charge in [0.1, 0.15) is 18.4 Å². The molecule has 2 atom stereocenters. The molecule has 2 amide bonds. The molecule has 196 valence electrons. The Bertz CT molecular complexity index is 1190. The molecule has 0 radical (unpaired) electrons. The third kappa shape index (κ3) is 6.66. The number of hydrogen-bond acceptors (Lipinski definition) is 6. The molecule has 0 aliphatic carbocycles. The van der Waals surface area contributed by atoms with Crippen molar-refractivity contribution in [1.82, 2.24) is 10.2 Å². The van der Waals surface area contributed by atoms with Gasteiger partial charge in [-0.25, -0.2) is 12.8 Å². The van der Waals surface area contributed by atoms with Gasteiger partial charge >= 0.3 is 0 Å². The molecule has 0 unspecified atom stereocenters. The number of ether oxygens (including phenoxy) is 2. The lowest BCUT2D eigenvalue weighted by Crippen LogP contribution is -2.53. The second-order valence-electron chi connectivity index (χ2n) is 8.70. The molecule has 9 nitrogen and oxygen atoms in total. The van der Waals surface area contributed by atoms with Gasteiger partial charge in [0.05, 0.1) is 11.9 Å². The number of carbonyl (C=O) groups is 2. The van der Waals surface area contributed by atoms with Gasteiger partial charge in [0.2, 0.25) is 28.6 Å². The molecule has 0 fully saturated rings. The Labute approximate surface area is 211 Å². The fourth-order valence-corrected chi connectivity index (χ4v) is 4.64. The predicted octanol–water partition coefficient (Wildman–Crippen LogP) is 3.04. The minimum Gasteiger partial charge on any atom is -0.454 e. The van der Waals surface area contributed by atoms with E-state index in [1.165, 1.54) is 41.3 Å². The van der Waals surface area contributed by atoms with E-state index in [1.807, 2.05) is 13.8 Å². The zero-order chi connectivity index (χ0) is 26.5. The fraction of sp³-hybridized carbons (Fsp3) is 0.440. The first-order valence-electron chi connectivity index (χ1n) is 11.7. The van der Waals surface area contributed by atoms with E-state index in [0.29, 0.717) is 29.9 Å². The van der Waals surface area contributed by atoms with Crippen LogP contribution >= 0.6 is 0 Å². The van der Waals surface area contributed by atoms with Crippen molar-refractivity contribution in [3.8, 4) is 11.5 Å². The molecule has 1 N–H and O–H groups in total. The Morgan fingerprint density at radius 2 is 1.72 bits per heavy atom. The van der Waals surface area contributed by atoms with E-state index in [9.17, 15) is 22.4 Å². The van der Waals surface area contributed by atoms with Crippen LogP contribution in [0.15, 0.2) is 42.5 Å². The van der Waals surface area contributed by atoms with Gasteiger partial charge in [-0.2, -0.15) is 0 Å². The van der Waals surface area contributed by atoms with Crippen LogP contribution < -0.4 is 19.1 Å². The Morgan fingerprint density at radius 3 is 2.33 bits per heavy atom. The summed E-state index contributed by atoms with van der Waals surface area (Å²) < 4.78 is 50.5. The number of nitrogens with zero attached hydrogens (tertiary/aromatic N) is 2. The predicted molar refractivity (Wildman–Crippen MR) is 134 cm³/mol. The first-order chi connectivity index (χ1) is 17.0. The molecule has 0 spiro atoms. The number of fused-ring (bicyclic) bond motifs is 1. The number of sulfonamides is 1. The largest absolute Gasteiger partial charge is 0.454 e. The summed E-state index contributed by atoms with van der Waals surface area (Å²) in [5.74, 6) is -0.491. The summed E-state index contributed by atoms with van der Waals surface area (Å²) in [7, 11) is -3.88. The highest BCUT2D eigenvalue weighted by atomic mass is 32.2. The van der Waals surface area contributed by atoms with Gasteiger partial charge in [0, 0.05) is 18.7 Å². The van der Waals surface area contributed by atoms with Crippen LogP contribution in [0.4, 0.5) is 10.1 Å². The molecular weight excluding hydrogens is 489 g/mol. The third-order valence-electron chi connectivity index (χ3n) is 5.98. The summed E-state index contributed by atoms with van der Waals surface area (Å²) in [4.78, 5) is 28.1. The second kappa shape index (κ2) is 11.6. The highest BCUT2D eigenvalue weighted by Crippen LogP contribution is 2.36. The smallest absolute Gasteiger partial charge is 0.244 e. The van der Waals surface area contributed by atoms with Crippen molar-refractivity contribution >= 4 is 27.5 Å². The summed E-state index contributed by atoms with van der Waals surface area (Å²) in [6.45, 7) is 5.06. The van der Waals surface area contributed by atoms with Gasteiger partial charge < -0.3 is 19.7 Å². The highest BCUT2D eigenvalue weighted by molar-refractivity contribution is 7.92. The Balaban J connectivity index is 1.94. The molecule has 0 saturated carbocycles. The van der Waals surface area contributed by atoms with Gasteiger partial charge in [-0.3, -0.25) is 13.9 Å². The van der Waals surface area contributed by atoms with E-state index in [2.05, 4.69) is 5.32 Å². The Kier molecular flexibility index (Phi) is 8.78. The third-order valence-corrected chi connectivity index (χ3v) is 7.12. The molecule has 11 heteroatoms. The van der Waals surface area contributed by atoms with Crippen molar-refractivity contribution in [3.63, 3.8) is 0 Å². The molecule has 3 rings (SSSR count). The molecule has 1 aliphatic heterocycles. The molecule has 2 aromatic rings. The maximum Gasteiger partial charge on any atom is 0.244 e. The maximum atomic E-state index is 13.6. The van der Waals surface area contributed by atoms with Gasteiger partial charge in [-0.05, 0) is 49.6 Å². The summed E-state index contributed by atoms with van der Waals surface area (Å²) >= 11 is 0. The van der Waals surface area contributed by atoms with Crippen molar-refractivity contribution < 1.29 is 31.9 Å². The number of anilines is 1. The quantitative estimate of drug-likeness (QED) is 0.487. The number of nitrogens with one attached hydrogen (secondary N) is 1. The molecule has 0 aromatic heterocycles. The average molecular weight is 522 g/mol. The van der Waals surface area contributed by atoms with Gasteiger partial charge in [-0.15, -0.1) is 0 Å². The molecule has 1 heterocycles. The summed E-state index contributed by atoms with van der Waals surface area (Å²) in [5, 5.41) is 2.90. The number of carbonyl (C=O) groups excluding carboxylic acids is 2. The van der Waals surface area contributed by atoms with Crippen molar-refractivity contribution in [2.24, 2.45) is 0 Å². The van der Waals surface area contributed by atoms with Crippen LogP contribution in [0.5, 0.6) is 11.5 Å². The minimum atomic E-state index is -3.88. The van der Waals surface area contributed by atoms with Crippen LogP contribution in [0.3, 0.4) is 0 Å². The summed E-state index contributed by atoms with van der Waals surface area (Å²) in [6, 6.07) is 9.24. The van der Waals surface area contributed by atoms with Gasteiger partial charge in [0.15, 0.2) is 11.5 Å². The van der Waals surface area contributed by atoms with Crippen LogP contribution in [0.25, 0.3) is 0 Å². The van der Waals surface area contributed by atoms with Crippen LogP contribution in [-0.2, 0) is 26.2 Å². The molecule has 2 aromatic carbocycles. The number of rotatable bonds is 11. The Morgan fingerprint density at radius 1 is 1.06 bits per heavy atom. The highest BCUT2D eigenvalue weighted by Gasteiger charge is 2.32. The van der Waals surface area contributed by atoms with Crippen LogP contribution in [0.1, 0.15) is 39.2 Å². The summed E-state index contributed by atoms with van der Waals surface area (Å²) in [5.41, 5.74) is 0.836. The van der Waals surface area contributed by atoms with E-state index in [0.717, 1.165) is 10.6 Å². The van der Waals surface area contributed by atoms with Gasteiger partial charge in [0.25, 0.3) is 0 Å². The van der Waals surface area contributed by atoms with E-state index in [4.69, 9.17) is 9.47 Å². The molecule has 0 bridgehead atoms. The van der Waals surface area contributed by atoms with Crippen LogP contribution in [0, 0.1) is 5.82 Å². The van der Waals surface area contributed by atoms with E-state index >= 15 is 0 Å². The average Bonchev–Trinajstić information content (AvgIpc) is 3.30. The minimum absolute atomic E-state index is 0.00425. The van der Waals surface area contributed by atoms with E-state index in [-0.39, 0.29) is 31.0 Å². The van der Waals surface area contributed by atoms with Crippen molar-refractivity contribution in [2.45, 2.75) is 52.2 Å². The van der Waals surface area contributed by atoms with Crippen molar-refractivity contribution in [2.75, 3.05) is 23.9 Å². The van der Waals surface area contributed by atoms with Crippen LogP contribution in [0.2, 0.25) is 0 Å².